The third-order valence-electron chi connectivity index (χ3n) is 5.22. The van der Waals surface area contributed by atoms with Crippen molar-refractivity contribution in [2.75, 3.05) is 11.9 Å². The molecule has 1 aliphatic rings. The van der Waals surface area contributed by atoms with Crippen molar-refractivity contribution in [2.24, 2.45) is 5.73 Å². The lowest BCUT2D eigenvalue weighted by atomic mass is 10.0. The number of hydrogen-bond donors (Lipinski definition) is 2. The number of benzene rings is 2. The molecule has 1 aliphatic heterocycles. The summed E-state index contributed by atoms with van der Waals surface area (Å²) in [5, 5.41) is 16.5. The molecule has 156 valence electrons. The lowest BCUT2D eigenvalue weighted by Crippen LogP contribution is -2.42. The van der Waals surface area contributed by atoms with E-state index in [4.69, 9.17) is 11.0 Å². The topological polar surface area (TPSA) is 117 Å². The fraction of sp³-hybridized carbons (Fsp3) is 0.182. The molecule has 3 aromatic rings. The molecule has 0 fully saturated rings. The SMILES string of the molecule is Cc1cc(NC(=O)c2c(-c3cccc(F)c3)nn3c2CN(C(N)=O)CC3)ccc1C#N. The van der Waals surface area contributed by atoms with Gasteiger partial charge in [0.15, 0.2) is 0 Å². The number of primary amides is 1. The number of nitriles is 1. The smallest absolute Gasteiger partial charge is 0.315 e. The lowest BCUT2D eigenvalue weighted by molar-refractivity contribution is 0.102. The zero-order valence-corrected chi connectivity index (χ0v) is 16.7. The molecular formula is C22H19FN6O2. The fourth-order valence-corrected chi connectivity index (χ4v) is 3.64. The van der Waals surface area contributed by atoms with Crippen molar-refractivity contribution in [3.8, 4) is 17.3 Å². The first-order valence-corrected chi connectivity index (χ1v) is 9.59. The van der Waals surface area contributed by atoms with E-state index in [1.807, 2.05) is 0 Å². The fourth-order valence-electron chi connectivity index (χ4n) is 3.64. The van der Waals surface area contributed by atoms with Crippen LogP contribution in [0.4, 0.5) is 14.9 Å². The summed E-state index contributed by atoms with van der Waals surface area (Å²) < 4.78 is 15.5. The van der Waals surface area contributed by atoms with Gasteiger partial charge < -0.3 is 16.0 Å². The number of nitrogens with one attached hydrogen (secondary N) is 1. The van der Waals surface area contributed by atoms with Crippen LogP contribution in [0.2, 0.25) is 0 Å². The molecule has 0 radical (unpaired) electrons. The maximum atomic E-state index is 13.9. The molecule has 4 rings (SSSR count). The zero-order chi connectivity index (χ0) is 22.1. The highest BCUT2D eigenvalue weighted by Crippen LogP contribution is 2.30. The second kappa shape index (κ2) is 7.91. The number of aromatic nitrogens is 2. The van der Waals surface area contributed by atoms with Crippen molar-refractivity contribution in [1.82, 2.24) is 14.7 Å². The van der Waals surface area contributed by atoms with Crippen molar-refractivity contribution >= 4 is 17.6 Å². The third-order valence-corrected chi connectivity index (χ3v) is 5.22. The monoisotopic (exact) mass is 418 g/mol. The Hall–Kier alpha value is -4.19. The van der Waals surface area contributed by atoms with Crippen LogP contribution in [0.25, 0.3) is 11.3 Å². The van der Waals surface area contributed by atoms with E-state index in [1.165, 1.54) is 17.0 Å². The highest BCUT2D eigenvalue weighted by molar-refractivity contribution is 6.09. The Labute approximate surface area is 177 Å². The van der Waals surface area contributed by atoms with E-state index in [2.05, 4.69) is 16.5 Å². The number of halogens is 1. The average Bonchev–Trinajstić information content (AvgIpc) is 3.12. The molecule has 2 heterocycles. The Morgan fingerprint density at radius 3 is 2.71 bits per heavy atom. The van der Waals surface area contributed by atoms with Gasteiger partial charge >= 0.3 is 6.03 Å². The number of amides is 3. The normalized spacial score (nSPS) is 12.7. The van der Waals surface area contributed by atoms with Gasteiger partial charge in [-0.3, -0.25) is 9.48 Å². The number of fused-ring (bicyclic) bond motifs is 1. The van der Waals surface area contributed by atoms with Crippen molar-refractivity contribution in [1.29, 1.82) is 5.26 Å². The zero-order valence-electron chi connectivity index (χ0n) is 16.7. The van der Waals surface area contributed by atoms with E-state index < -0.39 is 17.8 Å². The predicted molar refractivity (Wildman–Crippen MR) is 111 cm³/mol. The number of urea groups is 1. The van der Waals surface area contributed by atoms with Gasteiger partial charge in [0, 0.05) is 17.8 Å². The van der Waals surface area contributed by atoms with Gasteiger partial charge in [-0.25, -0.2) is 9.18 Å². The predicted octanol–water partition coefficient (Wildman–Crippen LogP) is 3.02. The molecule has 0 aliphatic carbocycles. The summed E-state index contributed by atoms with van der Waals surface area (Å²) in [7, 11) is 0. The Balaban J connectivity index is 1.78. The molecule has 0 unspecified atom stereocenters. The summed E-state index contributed by atoms with van der Waals surface area (Å²) in [5.41, 5.74) is 8.73. The van der Waals surface area contributed by atoms with E-state index in [-0.39, 0.29) is 12.1 Å². The maximum Gasteiger partial charge on any atom is 0.315 e. The van der Waals surface area contributed by atoms with Gasteiger partial charge in [0.05, 0.1) is 36.0 Å². The molecule has 1 aromatic heterocycles. The van der Waals surface area contributed by atoms with Gasteiger partial charge in [-0.2, -0.15) is 10.4 Å². The Kier molecular flexibility index (Phi) is 5.13. The molecular weight excluding hydrogens is 399 g/mol. The van der Waals surface area contributed by atoms with Gasteiger partial charge in [0.25, 0.3) is 5.91 Å². The summed E-state index contributed by atoms with van der Waals surface area (Å²) in [6.45, 7) is 2.62. The minimum atomic E-state index is -0.589. The summed E-state index contributed by atoms with van der Waals surface area (Å²) >= 11 is 0. The number of carbonyl (C=O) groups excluding carboxylic acids is 2. The van der Waals surface area contributed by atoms with Crippen molar-refractivity contribution in [2.45, 2.75) is 20.0 Å². The third kappa shape index (κ3) is 3.83. The largest absolute Gasteiger partial charge is 0.351 e. The van der Waals surface area contributed by atoms with Crippen LogP contribution < -0.4 is 11.1 Å². The average molecular weight is 418 g/mol. The van der Waals surface area contributed by atoms with Gasteiger partial charge in [-0.15, -0.1) is 0 Å². The minimum Gasteiger partial charge on any atom is -0.351 e. The van der Waals surface area contributed by atoms with Crippen LogP contribution in [0.1, 0.15) is 27.2 Å². The molecule has 2 aromatic carbocycles. The Morgan fingerprint density at radius 2 is 2.03 bits per heavy atom. The summed E-state index contributed by atoms with van der Waals surface area (Å²) in [4.78, 5) is 26.4. The number of carbonyl (C=O) groups is 2. The van der Waals surface area contributed by atoms with Gasteiger partial charge in [-0.1, -0.05) is 12.1 Å². The first kappa shape index (κ1) is 20.1. The molecule has 0 spiro atoms. The molecule has 9 heteroatoms. The van der Waals surface area contributed by atoms with Gasteiger partial charge in [-0.05, 0) is 42.8 Å². The van der Waals surface area contributed by atoms with Crippen LogP contribution in [0.5, 0.6) is 0 Å². The molecule has 31 heavy (non-hydrogen) atoms. The van der Waals surface area contributed by atoms with Gasteiger partial charge in [0.1, 0.15) is 11.5 Å². The Morgan fingerprint density at radius 1 is 1.23 bits per heavy atom. The molecule has 0 bridgehead atoms. The van der Waals surface area contributed by atoms with E-state index in [9.17, 15) is 14.0 Å². The first-order chi connectivity index (χ1) is 14.9. The molecule has 8 nitrogen and oxygen atoms in total. The van der Waals surface area contributed by atoms with Crippen LogP contribution in [0, 0.1) is 24.1 Å². The van der Waals surface area contributed by atoms with Crippen LogP contribution >= 0.6 is 0 Å². The number of anilines is 1. The standard InChI is InChI=1S/C22H19FN6O2/c1-13-9-17(6-5-15(13)11-24)26-21(30)19-18-12-28(22(25)31)7-8-29(18)27-20(19)14-3-2-4-16(23)10-14/h2-6,9-10H,7-8,12H2,1H3,(H2,25,31)(H,26,30). The number of aryl methyl sites for hydroxylation is 1. The van der Waals surface area contributed by atoms with E-state index in [0.29, 0.717) is 41.3 Å². The number of hydrogen-bond acceptors (Lipinski definition) is 4. The summed E-state index contributed by atoms with van der Waals surface area (Å²) in [5.74, 6) is -0.896. The molecule has 3 amide bonds. The maximum absolute atomic E-state index is 13.9. The summed E-state index contributed by atoms with van der Waals surface area (Å²) in [6, 6.07) is 12.3. The van der Waals surface area contributed by atoms with Crippen molar-refractivity contribution in [3.63, 3.8) is 0 Å². The number of nitrogens with zero attached hydrogens (tertiary/aromatic N) is 4. The van der Waals surface area contributed by atoms with Crippen LogP contribution in [0.15, 0.2) is 42.5 Å². The van der Waals surface area contributed by atoms with Crippen molar-refractivity contribution in [3.05, 3.63) is 70.7 Å². The van der Waals surface area contributed by atoms with Crippen LogP contribution in [-0.2, 0) is 13.1 Å². The molecule has 0 saturated heterocycles. The highest BCUT2D eigenvalue weighted by atomic mass is 19.1. The highest BCUT2D eigenvalue weighted by Gasteiger charge is 2.30. The van der Waals surface area contributed by atoms with Crippen LogP contribution in [0.3, 0.4) is 0 Å². The van der Waals surface area contributed by atoms with E-state index >= 15 is 0 Å². The van der Waals surface area contributed by atoms with Gasteiger partial charge in [0.2, 0.25) is 0 Å². The van der Waals surface area contributed by atoms with Crippen LogP contribution in [-0.4, -0.2) is 33.2 Å². The Bertz CT molecular complexity index is 1240. The van der Waals surface area contributed by atoms with E-state index in [0.717, 1.165) is 5.56 Å². The second-order valence-corrected chi connectivity index (χ2v) is 7.26. The molecule has 0 atom stereocenters. The number of rotatable bonds is 3. The number of nitrogens with two attached hydrogens (primary N) is 1. The molecule has 3 N–H and O–H groups in total. The first-order valence-electron chi connectivity index (χ1n) is 9.59. The van der Waals surface area contributed by atoms with E-state index in [1.54, 1.807) is 41.9 Å². The van der Waals surface area contributed by atoms with Crippen molar-refractivity contribution < 1.29 is 14.0 Å². The lowest BCUT2D eigenvalue weighted by Gasteiger charge is -2.26. The minimum absolute atomic E-state index is 0.118. The summed E-state index contributed by atoms with van der Waals surface area (Å²) in [6.07, 6.45) is 0. The second-order valence-electron chi connectivity index (χ2n) is 7.26. The quantitative estimate of drug-likeness (QED) is 0.680. The molecule has 0 saturated carbocycles.